The smallest absolute Gasteiger partial charge is 0.151 e. The molecule has 17 heavy (non-hydrogen) atoms. The van der Waals surface area contributed by atoms with Crippen molar-refractivity contribution in [3.63, 3.8) is 0 Å². The van der Waals surface area contributed by atoms with E-state index in [-0.39, 0.29) is 17.3 Å². The van der Waals surface area contributed by atoms with Gasteiger partial charge in [0, 0.05) is 18.8 Å². The Bertz CT molecular complexity index is 426. The van der Waals surface area contributed by atoms with Crippen molar-refractivity contribution in [2.75, 3.05) is 18.1 Å². The van der Waals surface area contributed by atoms with E-state index in [2.05, 4.69) is 5.32 Å². The number of benzene rings is 1. The van der Waals surface area contributed by atoms with Crippen molar-refractivity contribution >= 4 is 9.84 Å². The van der Waals surface area contributed by atoms with E-state index in [1.165, 1.54) is 0 Å². The highest BCUT2D eigenvalue weighted by Crippen LogP contribution is 2.08. The molecule has 0 aliphatic carbocycles. The summed E-state index contributed by atoms with van der Waals surface area (Å²) in [6, 6.07) is 6.85. The fraction of sp³-hybridized carbons (Fsp3) is 0.500. The number of hydrogen-bond acceptors (Lipinski definition) is 4. The Morgan fingerprint density at radius 1 is 1.18 bits per heavy atom. The molecule has 0 spiro atoms. The Labute approximate surface area is 103 Å². The third-order valence-electron chi connectivity index (χ3n) is 2.37. The fourth-order valence-electron chi connectivity index (χ4n) is 1.49. The van der Waals surface area contributed by atoms with E-state index in [4.69, 9.17) is 5.11 Å². The molecule has 0 aromatic heterocycles. The van der Waals surface area contributed by atoms with Crippen LogP contribution in [0.2, 0.25) is 0 Å². The lowest BCUT2D eigenvalue weighted by molar-refractivity contribution is 0.475. The molecule has 0 saturated carbocycles. The molecule has 0 aliphatic rings. The molecular weight excluding hydrogens is 238 g/mol. The predicted octanol–water partition coefficient (Wildman–Crippen LogP) is 1.31. The normalized spacial score (nSPS) is 11.6. The lowest BCUT2D eigenvalue weighted by atomic mass is 10.2. The third-order valence-corrected chi connectivity index (χ3v) is 4.23. The summed E-state index contributed by atoms with van der Waals surface area (Å²) in [6.07, 6.45) is 0.667. The van der Waals surface area contributed by atoms with E-state index in [1.807, 2.05) is 19.1 Å². The van der Waals surface area contributed by atoms with Crippen LogP contribution in [-0.4, -0.2) is 31.6 Å². The molecule has 0 saturated heterocycles. The molecule has 2 N–H and O–H groups in total. The van der Waals surface area contributed by atoms with Crippen LogP contribution in [0.4, 0.5) is 0 Å². The van der Waals surface area contributed by atoms with Gasteiger partial charge < -0.3 is 10.4 Å². The number of phenols is 1. The molecular formula is C12H19NO3S. The molecule has 0 heterocycles. The first kappa shape index (κ1) is 14.0. The second-order valence-corrected chi connectivity index (χ2v) is 6.30. The van der Waals surface area contributed by atoms with Gasteiger partial charge in [0.1, 0.15) is 5.75 Å². The van der Waals surface area contributed by atoms with Crippen molar-refractivity contribution in [3.05, 3.63) is 29.8 Å². The summed E-state index contributed by atoms with van der Waals surface area (Å²) in [6.45, 7) is 2.94. The Kier molecular flexibility index (Phi) is 5.44. The summed E-state index contributed by atoms with van der Waals surface area (Å²) in [5.41, 5.74) is 1.02. The molecule has 0 radical (unpaired) electrons. The van der Waals surface area contributed by atoms with Crippen molar-refractivity contribution < 1.29 is 13.5 Å². The molecule has 96 valence electrons. The average Bonchev–Trinajstić information content (AvgIpc) is 2.27. The van der Waals surface area contributed by atoms with Gasteiger partial charge in [0.05, 0.1) is 5.75 Å². The Balaban J connectivity index is 2.27. The SMILES string of the molecule is CCCS(=O)(=O)CCNCc1ccc(O)cc1. The largest absolute Gasteiger partial charge is 0.508 e. The van der Waals surface area contributed by atoms with E-state index in [9.17, 15) is 8.42 Å². The summed E-state index contributed by atoms with van der Waals surface area (Å²) in [7, 11) is -2.90. The monoisotopic (exact) mass is 257 g/mol. The summed E-state index contributed by atoms with van der Waals surface area (Å²) >= 11 is 0. The van der Waals surface area contributed by atoms with Gasteiger partial charge in [0.25, 0.3) is 0 Å². The van der Waals surface area contributed by atoms with Crippen molar-refractivity contribution in [3.8, 4) is 5.75 Å². The van der Waals surface area contributed by atoms with Crippen molar-refractivity contribution in [1.29, 1.82) is 0 Å². The second-order valence-electron chi connectivity index (χ2n) is 4.00. The molecule has 1 aromatic carbocycles. The summed E-state index contributed by atoms with van der Waals surface area (Å²) in [4.78, 5) is 0. The quantitative estimate of drug-likeness (QED) is 0.723. The number of hydrogen-bond donors (Lipinski definition) is 2. The number of rotatable bonds is 7. The van der Waals surface area contributed by atoms with Crippen LogP contribution in [0.25, 0.3) is 0 Å². The van der Waals surface area contributed by atoms with Crippen LogP contribution in [0.3, 0.4) is 0 Å². The van der Waals surface area contributed by atoms with Crippen LogP contribution in [-0.2, 0) is 16.4 Å². The summed E-state index contributed by atoms with van der Waals surface area (Å²) in [5.74, 6) is 0.673. The van der Waals surface area contributed by atoms with Gasteiger partial charge in [-0.15, -0.1) is 0 Å². The summed E-state index contributed by atoms with van der Waals surface area (Å²) in [5, 5.41) is 12.2. The maximum Gasteiger partial charge on any atom is 0.151 e. The number of nitrogens with one attached hydrogen (secondary N) is 1. The molecule has 0 atom stereocenters. The van der Waals surface area contributed by atoms with Crippen LogP contribution in [0.15, 0.2) is 24.3 Å². The van der Waals surface area contributed by atoms with Crippen LogP contribution in [0.5, 0.6) is 5.75 Å². The minimum absolute atomic E-state index is 0.179. The highest BCUT2D eigenvalue weighted by atomic mass is 32.2. The highest BCUT2D eigenvalue weighted by Gasteiger charge is 2.07. The molecule has 1 rings (SSSR count). The van der Waals surface area contributed by atoms with Gasteiger partial charge in [-0.25, -0.2) is 8.42 Å². The minimum atomic E-state index is -2.90. The maximum atomic E-state index is 11.4. The zero-order chi connectivity index (χ0) is 12.7. The predicted molar refractivity (Wildman–Crippen MR) is 68.8 cm³/mol. The molecule has 0 fully saturated rings. The first-order chi connectivity index (χ1) is 8.03. The van der Waals surface area contributed by atoms with Gasteiger partial charge in [-0.1, -0.05) is 19.1 Å². The van der Waals surface area contributed by atoms with Crippen molar-refractivity contribution in [2.24, 2.45) is 0 Å². The number of sulfone groups is 1. The van der Waals surface area contributed by atoms with Crippen LogP contribution >= 0.6 is 0 Å². The lowest BCUT2D eigenvalue weighted by Gasteiger charge is -2.05. The molecule has 4 nitrogen and oxygen atoms in total. The van der Waals surface area contributed by atoms with Crippen molar-refractivity contribution in [1.82, 2.24) is 5.32 Å². The topological polar surface area (TPSA) is 66.4 Å². The lowest BCUT2D eigenvalue weighted by Crippen LogP contribution is -2.24. The maximum absolute atomic E-state index is 11.4. The third kappa shape index (κ3) is 5.70. The second kappa shape index (κ2) is 6.61. The zero-order valence-electron chi connectivity index (χ0n) is 10.0. The van der Waals surface area contributed by atoms with Gasteiger partial charge in [-0.2, -0.15) is 0 Å². The van der Waals surface area contributed by atoms with Crippen LogP contribution < -0.4 is 5.32 Å². The molecule has 0 amide bonds. The van der Waals surface area contributed by atoms with Crippen LogP contribution in [0.1, 0.15) is 18.9 Å². The highest BCUT2D eigenvalue weighted by molar-refractivity contribution is 7.91. The van der Waals surface area contributed by atoms with E-state index in [0.717, 1.165) is 5.56 Å². The Hall–Kier alpha value is -1.07. The Morgan fingerprint density at radius 2 is 1.82 bits per heavy atom. The fourth-order valence-corrected chi connectivity index (χ4v) is 2.77. The van der Waals surface area contributed by atoms with Gasteiger partial charge in [-0.3, -0.25) is 0 Å². The van der Waals surface area contributed by atoms with Crippen LogP contribution in [0, 0.1) is 0 Å². The molecule has 0 unspecified atom stereocenters. The Morgan fingerprint density at radius 3 is 2.41 bits per heavy atom. The van der Waals surface area contributed by atoms with Gasteiger partial charge in [0.15, 0.2) is 9.84 Å². The summed E-state index contributed by atoms with van der Waals surface area (Å²) < 4.78 is 22.8. The number of aromatic hydroxyl groups is 1. The first-order valence-corrected chi connectivity index (χ1v) is 7.54. The van der Waals surface area contributed by atoms with Gasteiger partial charge in [0.2, 0.25) is 0 Å². The van der Waals surface area contributed by atoms with E-state index in [1.54, 1.807) is 12.1 Å². The molecule has 5 heteroatoms. The van der Waals surface area contributed by atoms with E-state index >= 15 is 0 Å². The first-order valence-electron chi connectivity index (χ1n) is 5.72. The standard InChI is InChI=1S/C12H19NO3S/c1-2-8-17(15,16)9-7-13-10-11-3-5-12(14)6-4-11/h3-6,13-14H,2,7-10H2,1H3. The van der Waals surface area contributed by atoms with Crippen molar-refractivity contribution in [2.45, 2.75) is 19.9 Å². The van der Waals surface area contributed by atoms with E-state index in [0.29, 0.717) is 19.5 Å². The molecule has 0 aliphatic heterocycles. The number of phenolic OH excluding ortho intramolecular Hbond substituents is 1. The molecule has 1 aromatic rings. The van der Waals surface area contributed by atoms with E-state index < -0.39 is 9.84 Å². The minimum Gasteiger partial charge on any atom is -0.508 e. The molecule has 0 bridgehead atoms. The van der Waals surface area contributed by atoms with Gasteiger partial charge in [-0.05, 0) is 24.1 Å². The zero-order valence-corrected chi connectivity index (χ0v) is 10.8. The van der Waals surface area contributed by atoms with Gasteiger partial charge >= 0.3 is 0 Å². The average molecular weight is 257 g/mol.